The molecular weight excluding hydrogens is 208 g/mol. The molecule has 1 aromatic carbocycles. The highest BCUT2D eigenvalue weighted by molar-refractivity contribution is 5.85. The number of benzene rings is 1. The van der Waals surface area contributed by atoms with Gasteiger partial charge in [-0.15, -0.1) is 0 Å². The third kappa shape index (κ3) is 2.47. The predicted octanol–water partition coefficient (Wildman–Crippen LogP) is 2.92. The fraction of sp³-hybridized carbons (Fsp3) is 0.400. The van der Waals surface area contributed by atoms with Gasteiger partial charge in [0.1, 0.15) is 0 Å². The van der Waals surface area contributed by atoms with E-state index in [1.54, 1.807) is 0 Å². The van der Waals surface area contributed by atoms with Crippen LogP contribution < -0.4 is 5.32 Å². The summed E-state index contributed by atoms with van der Waals surface area (Å²) in [6, 6.07) is 6.64. The molecule has 0 aliphatic carbocycles. The highest BCUT2D eigenvalue weighted by Gasteiger charge is 2.05. The van der Waals surface area contributed by atoms with Crippen LogP contribution in [0.3, 0.4) is 0 Å². The van der Waals surface area contributed by atoms with Gasteiger partial charge in [0.25, 0.3) is 0 Å². The Kier molecular flexibility index (Phi) is 3.43. The van der Waals surface area contributed by atoms with Gasteiger partial charge in [-0.25, -0.2) is 0 Å². The second-order valence-electron chi connectivity index (χ2n) is 4.76. The molecule has 0 spiro atoms. The monoisotopic (exact) mass is 228 g/mol. The van der Waals surface area contributed by atoms with Crippen molar-refractivity contribution in [1.82, 2.24) is 10.3 Å². The van der Waals surface area contributed by atoms with Crippen LogP contribution in [0.2, 0.25) is 0 Å². The first-order valence-electron chi connectivity index (χ1n) is 6.14. The van der Waals surface area contributed by atoms with Gasteiger partial charge in [0.05, 0.1) is 5.52 Å². The topological polar surface area (TPSA) is 24.9 Å². The highest BCUT2D eigenvalue weighted by Crippen LogP contribution is 2.22. The van der Waals surface area contributed by atoms with Crippen LogP contribution in [0.25, 0.3) is 10.9 Å². The lowest BCUT2D eigenvalue weighted by Crippen LogP contribution is -2.11. The van der Waals surface area contributed by atoms with E-state index in [1.165, 1.54) is 27.8 Å². The lowest BCUT2D eigenvalue weighted by molar-refractivity contribution is 0.778. The van der Waals surface area contributed by atoms with Crippen LogP contribution in [-0.4, -0.2) is 18.6 Å². The molecule has 2 aromatic rings. The van der Waals surface area contributed by atoms with Crippen LogP contribution in [0.4, 0.5) is 0 Å². The van der Waals surface area contributed by atoms with E-state index in [-0.39, 0.29) is 0 Å². The Labute approximate surface area is 103 Å². The molecule has 2 nitrogen and oxygen atoms in total. The number of rotatable bonds is 3. The Bertz CT molecular complexity index is 544. The average molecular weight is 228 g/mol. The quantitative estimate of drug-likeness (QED) is 0.873. The zero-order chi connectivity index (χ0) is 12.4. The summed E-state index contributed by atoms with van der Waals surface area (Å²) in [7, 11) is 1.97. The van der Waals surface area contributed by atoms with Crippen molar-refractivity contribution in [2.24, 2.45) is 0 Å². The van der Waals surface area contributed by atoms with Gasteiger partial charge in [-0.1, -0.05) is 11.6 Å². The smallest absolute Gasteiger partial charge is 0.0737 e. The number of fused-ring (bicyclic) bond motifs is 1. The number of nitrogens with zero attached hydrogens (tertiary/aromatic N) is 1. The lowest BCUT2D eigenvalue weighted by Gasteiger charge is -2.09. The van der Waals surface area contributed by atoms with Crippen LogP contribution in [0, 0.1) is 20.8 Å². The van der Waals surface area contributed by atoms with Crippen LogP contribution >= 0.6 is 0 Å². The fourth-order valence-electron chi connectivity index (χ4n) is 2.29. The number of hydrogen-bond acceptors (Lipinski definition) is 2. The summed E-state index contributed by atoms with van der Waals surface area (Å²) in [5, 5.41) is 4.46. The molecule has 2 rings (SSSR count). The van der Waals surface area contributed by atoms with E-state index in [1.807, 2.05) is 7.05 Å². The van der Waals surface area contributed by atoms with Crippen molar-refractivity contribution < 1.29 is 0 Å². The van der Waals surface area contributed by atoms with Crippen molar-refractivity contribution >= 4 is 10.9 Å². The number of aryl methyl sites for hydroxylation is 3. The van der Waals surface area contributed by atoms with E-state index < -0.39 is 0 Å². The maximum absolute atomic E-state index is 4.77. The Morgan fingerprint density at radius 1 is 1.06 bits per heavy atom. The van der Waals surface area contributed by atoms with Crippen LogP contribution in [0.15, 0.2) is 18.2 Å². The highest BCUT2D eigenvalue weighted by atomic mass is 14.8. The first-order chi connectivity index (χ1) is 8.11. The standard InChI is InChI=1S/C15H20N2/c1-10-7-12(3)15-14(8-10)11(2)9-13(17-15)5-6-16-4/h7-9,16H,5-6H2,1-4H3. The Morgan fingerprint density at radius 3 is 2.53 bits per heavy atom. The van der Waals surface area contributed by atoms with Gasteiger partial charge in [0, 0.05) is 24.0 Å². The van der Waals surface area contributed by atoms with Crippen LogP contribution in [0.5, 0.6) is 0 Å². The first kappa shape index (κ1) is 12.1. The van der Waals surface area contributed by atoms with Crippen molar-refractivity contribution in [1.29, 1.82) is 0 Å². The second kappa shape index (κ2) is 4.84. The van der Waals surface area contributed by atoms with Crippen molar-refractivity contribution in [3.05, 3.63) is 40.6 Å². The molecule has 2 heteroatoms. The number of nitrogens with one attached hydrogen (secondary N) is 1. The number of hydrogen-bond donors (Lipinski definition) is 1. The molecule has 1 N–H and O–H groups in total. The molecule has 0 saturated heterocycles. The van der Waals surface area contributed by atoms with Gasteiger partial charge in [-0.05, 0) is 51.1 Å². The van der Waals surface area contributed by atoms with Gasteiger partial charge in [0.2, 0.25) is 0 Å². The minimum Gasteiger partial charge on any atom is -0.319 e. The number of aromatic nitrogens is 1. The van der Waals surface area contributed by atoms with Crippen LogP contribution in [0.1, 0.15) is 22.4 Å². The summed E-state index contributed by atoms with van der Waals surface area (Å²) in [5.74, 6) is 0. The van der Waals surface area contributed by atoms with Gasteiger partial charge in [-0.3, -0.25) is 4.98 Å². The molecule has 90 valence electrons. The Hall–Kier alpha value is -1.41. The summed E-state index contributed by atoms with van der Waals surface area (Å²) in [6.45, 7) is 7.43. The van der Waals surface area contributed by atoms with Crippen LogP contribution in [-0.2, 0) is 6.42 Å². The summed E-state index contributed by atoms with van der Waals surface area (Å²) in [6.07, 6.45) is 0.987. The number of pyridine rings is 1. The molecule has 0 atom stereocenters. The lowest BCUT2D eigenvalue weighted by atomic mass is 10.0. The van der Waals surface area contributed by atoms with Gasteiger partial charge in [0.15, 0.2) is 0 Å². The van der Waals surface area contributed by atoms with Crippen molar-refractivity contribution in [2.75, 3.05) is 13.6 Å². The van der Waals surface area contributed by atoms with E-state index in [9.17, 15) is 0 Å². The predicted molar refractivity (Wildman–Crippen MR) is 73.6 cm³/mol. The van der Waals surface area contributed by atoms with E-state index in [0.29, 0.717) is 0 Å². The third-order valence-corrected chi connectivity index (χ3v) is 3.14. The second-order valence-corrected chi connectivity index (χ2v) is 4.76. The third-order valence-electron chi connectivity index (χ3n) is 3.14. The molecule has 0 saturated carbocycles. The maximum Gasteiger partial charge on any atom is 0.0737 e. The molecule has 0 unspecified atom stereocenters. The summed E-state index contributed by atoms with van der Waals surface area (Å²) in [4.78, 5) is 4.77. The summed E-state index contributed by atoms with van der Waals surface area (Å²) >= 11 is 0. The summed E-state index contributed by atoms with van der Waals surface area (Å²) < 4.78 is 0. The Balaban J connectivity index is 2.56. The SMILES string of the molecule is CNCCc1cc(C)c2cc(C)cc(C)c2n1. The fourth-order valence-corrected chi connectivity index (χ4v) is 2.29. The molecule has 0 aliphatic rings. The van der Waals surface area contributed by atoms with E-state index in [4.69, 9.17) is 4.98 Å². The molecule has 0 fully saturated rings. The minimum absolute atomic E-state index is 0.975. The van der Waals surface area contributed by atoms with E-state index >= 15 is 0 Å². The van der Waals surface area contributed by atoms with E-state index in [2.05, 4.69) is 44.3 Å². The molecular formula is C15H20N2. The largest absolute Gasteiger partial charge is 0.319 e. The molecule has 0 amide bonds. The summed E-state index contributed by atoms with van der Waals surface area (Å²) in [5.41, 5.74) is 6.24. The molecule has 0 bridgehead atoms. The van der Waals surface area contributed by atoms with Crippen molar-refractivity contribution in [3.63, 3.8) is 0 Å². The normalized spacial score (nSPS) is 11.1. The minimum atomic E-state index is 0.975. The number of likely N-dealkylation sites (N-methyl/N-ethyl adjacent to an activating group) is 1. The molecule has 0 aliphatic heterocycles. The van der Waals surface area contributed by atoms with Crippen molar-refractivity contribution in [3.8, 4) is 0 Å². The molecule has 0 radical (unpaired) electrons. The zero-order valence-electron chi connectivity index (χ0n) is 11.1. The molecule has 1 aromatic heterocycles. The van der Waals surface area contributed by atoms with Gasteiger partial charge in [-0.2, -0.15) is 0 Å². The van der Waals surface area contributed by atoms with Gasteiger partial charge < -0.3 is 5.32 Å². The maximum atomic E-state index is 4.77. The van der Waals surface area contributed by atoms with Crippen molar-refractivity contribution in [2.45, 2.75) is 27.2 Å². The Morgan fingerprint density at radius 2 is 1.82 bits per heavy atom. The van der Waals surface area contributed by atoms with Gasteiger partial charge >= 0.3 is 0 Å². The molecule has 1 heterocycles. The zero-order valence-corrected chi connectivity index (χ0v) is 11.1. The molecule has 17 heavy (non-hydrogen) atoms. The van der Waals surface area contributed by atoms with E-state index in [0.717, 1.165) is 18.5 Å². The average Bonchev–Trinajstić information content (AvgIpc) is 2.28. The first-order valence-corrected chi connectivity index (χ1v) is 6.14.